The lowest BCUT2D eigenvalue weighted by Crippen LogP contribution is -2.16. The molecule has 0 spiro atoms. The third-order valence-corrected chi connectivity index (χ3v) is 5.25. The van der Waals surface area contributed by atoms with Crippen LogP contribution in [0.3, 0.4) is 0 Å². The van der Waals surface area contributed by atoms with E-state index in [2.05, 4.69) is 0 Å². The molecule has 0 N–H and O–H groups in total. The molecule has 0 atom stereocenters. The molecule has 1 aromatic heterocycles. The number of halogens is 4. The van der Waals surface area contributed by atoms with Gasteiger partial charge in [-0.25, -0.2) is 4.79 Å². The summed E-state index contributed by atoms with van der Waals surface area (Å²) < 4.78 is 56.7. The van der Waals surface area contributed by atoms with Crippen molar-refractivity contribution in [2.24, 2.45) is 0 Å². The Morgan fingerprint density at radius 1 is 0.971 bits per heavy atom. The number of hydrogen-bond donors (Lipinski definition) is 0. The van der Waals surface area contributed by atoms with Crippen LogP contribution in [0.25, 0.3) is 28.2 Å². The summed E-state index contributed by atoms with van der Waals surface area (Å²) in [5.41, 5.74) is -1.16. The van der Waals surface area contributed by atoms with Crippen LogP contribution in [-0.2, 0) is 11.0 Å². The van der Waals surface area contributed by atoms with Crippen molar-refractivity contribution in [3.05, 3.63) is 99.4 Å². The van der Waals surface area contributed by atoms with E-state index in [0.717, 1.165) is 12.1 Å². The van der Waals surface area contributed by atoms with Crippen molar-refractivity contribution in [1.29, 1.82) is 0 Å². The van der Waals surface area contributed by atoms with Gasteiger partial charge in [-0.15, -0.1) is 0 Å². The van der Waals surface area contributed by atoms with Gasteiger partial charge in [0.15, 0.2) is 0 Å². The summed E-state index contributed by atoms with van der Waals surface area (Å²) in [5.74, 6) is -1.66. The number of benzene rings is 3. The zero-order valence-corrected chi connectivity index (χ0v) is 18.8. The number of esters is 1. The first kappa shape index (κ1) is 24.1. The molecule has 0 saturated carbocycles. The molecule has 178 valence electrons. The van der Waals surface area contributed by atoms with Gasteiger partial charge in [-0.05, 0) is 53.6 Å². The predicted octanol–water partition coefficient (Wildman–Crippen LogP) is 6.76. The van der Waals surface area contributed by atoms with Gasteiger partial charge >= 0.3 is 12.1 Å². The van der Waals surface area contributed by atoms with E-state index < -0.39 is 28.9 Å². The maximum absolute atomic E-state index is 13.8. The molecule has 0 fully saturated rings. The van der Waals surface area contributed by atoms with Crippen molar-refractivity contribution in [2.45, 2.75) is 6.18 Å². The lowest BCUT2D eigenvalue weighted by molar-refractivity contribution is -0.152. The maximum atomic E-state index is 13.8. The van der Waals surface area contributed by atoms with Crippen LogP contribution >= 0.6 is 11.6 Å². The first-order valence-corrected chi connectivity index (χ1v) is 10.5. The van der Waals surface area contributed by atoms with E-state index in [9.17, 15) is 22.8 Å². The summed E-state index contributed by atoms with van der Waals surface area (Å²) in [5, 5.41) is 0.205. The van der Waals surface area contributed by atoms with Crippen LogP contribution in [0.2, 0.25) is 5.02 Å². The lowest BCUT2D eigenvalue weighted by atomic mass is 10.0. The van der Waals surface area contributed by atoms with Crippen LogP contribution in [0.15, 0.2) is 82.0 Å². The molecule has 3 aromatic carbocycles. The molecule has 1 heterocycles. The minimum atomic E-state index is -4.95. The van der Waals surface area contributed by atoms with Crippen molar-refractivity contribution >= 4 is 34.6 Å². The molecule has 0 aliphatic carbocycles. The number of alkyl halides is 3. The zero-order chi connectivity index (χ0) is 25.2. The molecule has 35 heavy (non-hydrogen) atoms. The fourth-order valence-electron chi connectivity index (χ4n) is 3.34. The molecule has 0 aliphatic rings. The lowest BCUT2D eigenvalue weighted by Gasteiger charge is -2.13. The number of carbonyl (C=O) groups is 1. The van der Waals surface area contributed by atoms with Crippen molar-refractivity contribution in [3.8, 4) is 22.6 Å². The van der Waals surface area contributed by atoms with Crippen molar-refractivity contribution in [2.75, 3.05) is 7.11 Å². The van der Waals surface area contributed by atoms with E-state index in [1.54, 1.807) is 24.3 Å². The third-order valence-electron chi connectivity index (χ3n) is 5.00. The quantitative estimate of drug-likeness (QED) is 0.172. The highest BCUT2D eigenvalue weighted by Gasteiger charge is 2.39. The standard InChI is InChI=1S/C26H16ClF3O5/c1-33-18-9-2-15(3-10-18)4-13-22(31)34-19-11-12-20-21(14-19)35-25(26(28,29)30)23(24(20)32)16-5-7-17(27)8-6-16/h2-14H,1H3. The van der Waals surface area contributed by atoms with Gasteiger partial charge in [0.1, 0.15) is 17.1 Å². The van der Waals surface area contributed by atoms with E-state index >= 15 is 0 Å². The number of carbonyl (C=O) groups excluding carboxylic acids is 1. The molecule has 0 aliphatic heterocycles. The Kier molecular flexibility index (Phi) is 6.66. The van der Waals surface area contributed by atoms with Crippen LogP contribution in [0.5, 0.6) is 11.5 Å². The average Bonchev–Trinajstić information content (AvgIpc) is 2.83. The van der Waals surface area contributed by atoms with E-state index in [1.807, 2.05) is 0 Å². The van der Waals surface area contributed by atoms with Crippen LogP contribution in [0, 0.1) is 0 Å². The highest BCUT2D eigenvalue weighted by molar-refractivity contribution is 6.30. The topological polar surface area (TPSA) is 65.7 Å². The van der Waals surface area contributed by atoms with E-state index in [4.69, 9.17) is 25.5 Å². The molecule has 5 nitrogen and oxygen atoms in total. The monoisotopic (exact) mass is 500 g/mol. The van der Waals surface area contributed by atoms with E-state index in [1.165, 1.54) is 49.6 Å². The molecule has 0 radical (unpaired) electrons. The summed E-state index contributed by atoms with van der Waals surface area (Å²) in [6.45, 7) is 0. The SMILES string of the molecule is COc1ccc(C=CC(=O)Oc2ccc3c(=O)c(-c4ccc(Cl)cc4)c(C(F)(F)F)oc3c2)cc1. The normalized spacial score (nSPS) is 11.7. The molecule has 9 heteroatoms. The summed E-state index contributed by atoms with van der Waals surface area (Å²) >= 11 is 5.82. The van der Waals surface area contributed by atoms with E-state index in [0.29, 0.717) is 16.3 Å². The molecular formula is C26H16ClF3O5. The minimum Gasteiger partial charge on any atom is -0.497 e. The van der Waals surface area contributed by atoms with Gasteiger partial charge in [0.2, 0.25) is 11.2 Å². The molecule has 4 rings (SSSR count). The second kappa shape index (κ2) is 9.68. The van der Waals surface area contributed by atoms with Crippen LogP contribution < -0.4 is 14.9 Å². The number of rotatable bonds is 5. The highest BCUT2D eigenvalue weighted by Crippen LogP contribution is 2.38. The molecule has 0 bridgehead atoms. The van der Waals surface area contributed by atoms with Gasteiger partial charge in [0.05, 0.1) is 18.1 Å². The number of ether oxygens (including phenoxy) is 2. The molecule has 4 aromatic rings. The van der Waals surface area contributed by atoms with Crippen LogP contribution in [0.4, 0.5) is 13.2 Å². The van der Waals surface area contributed by atoms with Crippen molar-refractivity contribution < 1.29 is 31.9 Å². The Morgan fingerprint density at radius 3 is 2.26 bits per heavy atom. The average molecular weight is 501 g/mol. The zero-order valence-electron chi connectivity index (χ0n) is 18.1. The first-order valence-electron chi connectivity index (χ1n) is 10.1. The summed E-state index contributed by atoms with van der Waals surface area (Å²) in [7, 11) is 1.53. The van der Waals surface area contributed by atoms with E-state index in [-0.39, 0.29) is 22.3 Å². The third kappa shape index (κ3) is 5.38. The predicted molar refractivity (Wildman–Crippen MR) is 126 cm³/mol. The van der Waals surface area contributed by atoms with Gasteiger partial charge in [0.25, 0.3) is 0 Å². The van der Waals surface area contributed by atoms with Gasteiger partial charge in [-0.3, -0.25) is 4.79 Å². The summed E-state index contributed by atoms with van der Waals surface area (Å²) in [6.07, 6.45) is -2.29. The maximum Gasteiger partial charge on any atom is 0.450 e. The van der Waals surface area contributed by atoms with Crippen molar-refractivity contribution in [3.63, 3.8) is 0 Å². The Morgan fingerprint density at radius 2 is 1.63 bits per heavy atom. The van der Waals surface area contributed by atoms with Crippen LogP contribution in [0.1, 0.15) is 11.3 Å². The largest absolute Gasteiger partial charge is 0.497 e. The Labute approximate surface area is 202 Å². The Hall–Kier alpha value is -4.04. The number of methoxy groups -OCH3 is 1. The van der Waals surface area contributed by atoms with Gasteiger partial charge in [-0.1, -0.05) is 35.9 Å². The Bertz CT molecular complexity index is 1470. The van der Waals surface area contributed by atoms with Crippen LogP contribution in [-0.4, -0.2) is 13.1 Å². The van der Waals surface area contributed by atoms with Gasteiger partial charge < -0.3 is 13.9 Å². The molecular weight excluding hydrogens is 485 g/mol. The molecule has 0 saturated heterocycles. The fourth-order valence-corrected chi connectivity index (χ4v) is 3.47. The van der Waals surface area contributed by atoms with Gasteiger partial charge in [0, 0.05) is 17.2 Å². The number of fused-ring (bicyclic) bond motifs is 1. The summed E-state index contributed by atoms with van der Waals surface area (Å²) in [6, 6.07) is 15.9. The highest BCUT2D eigenvalue weighted by atomic mass is 35.5. The molecule has 0 unspecified atom stereocenters. The summed E-state index contributed by atoms with van der Waals surface area (Å²) in [4.78, 5) is 25.2. The molecule has 0 amide bonds. The fraction of sp³-hybridized carbons (Fsp3) is 0.0769. The van der Waals surface area contributed by atoms with Gasteiger partial charge in [-0.2, -0.15) is 13.2 Å². The second-order valence-electron chi connectivity index (χ2n) is 7.33. The number of hydrogen-bond acceptors (Lipinski definition) is 5. The Balaban J connectivity index is 1.67. The second-order valence-corrected chi connectivity index (χ2v) is 7.76. The smallest absolute Gasteiger partial charge is 0.450 e. The first-order chi connectivity index (χ1) is 16.7. The van der Waals surface area contributed by atoms with Crippen molar-refractivity contribution in [1.82, 2.24) is 0 Å². The minimum absolute atomic E-state index is 0.0107.